The fraction of sp³-hybridized carbons (Fsp3) is 0.549. The molecule has 3 saturated heterocycles. The van der Waals surface area contributed by atoms with Crippen LogP contribution in [0.15, 0.2) is 54.6 Å². The quantitative estimate of drug-likeness (QED) is 0.142. The molecular weight excluding hydrogens is 956 g/mol. The van der Waals surface area contributed by atoms with Crippen molar-refractivity contribution in [2.45, 2.75) is 109 Å². The predicted octanol–water partition coefficient (Wildman–Crippen LogP) is 6.31. The number of hydrazine groups is 1. The highest BCUT2D eigenvalue weighted by atomic mass is 32.1. The molecule has 1 unspecified atom stereocenters. The first kappa shape index (κ1) is 52.4. The number of cyclic esters (lactones) is 1. The van der Waals surface area contributed by atoms with Gasteiger partial charge in [-0.2, -0.15) is 13.2 Å². The van der Waals surface area contributed by atoms with Gasteiger partial charge in [-0.05, 0) is 74.4 Å². The van der Waals surface area contributed by atoms with Crippen molar-refractivity contribution < 1.29 is 51.4 Å². The van der Waals surface area contributed by atoms with Crippen LogP contribution in [0.2, 0.25) is 0 Å². The molecule has 8 rings (SSSR count). The maximum Gasteiger partial charge on any atom is 0.406 e. The van der Waals surface area contributed by atoms with Crippen LogP contribution in [0.1, 0.15) is 76.3 Å². The van der Waals surface area contributed by atoms with Gasteiger partial charge in [-0.15, -0.1) is 11.3 Å². The van der Waals surface area contributed by atoms with E-state index in [0.717, 1.165) is 0 Å². The van der Waals surface area contributed by atoms with Gasteiger partial charge in [0.15, 0.2) is 0 Å². The third kappa shape index (κ3) is 11.0. The van der Waals surface area contributed by atoms with Gasteiger partial charge < -0.3 is 38.8 Å². The van der Waals surface area contributed by atoms with Crippen molar-refractivity contribution in [3.8, 4) is 22.5 Å². The number of hydrogen-bond acceptors (Lipinski definition) is 12. The van der Waals surface area contributed by atoms with Crippen LogP contribution in [0.25, 0.3) is 33.4 Å². The van der Waals surface area contributed by atoms with E-state index in [2.05, 4.69) is 22.3 Å². The Kier molecular flexibility index (Phi) is 15.2. The predicted molar refractivity (Wildman–Crippen MR) is 263 cm³/mol. The number of fused-ring (bicyclic) bond motifs is 6. The Morgan fingerprint density at radius 3 is 2.60 bits per heavy atom. The molecule has 0 aliphatic carbocycles. The van der Waals surface area contributed by atoms with E-state index in [4.69, 9.17) is 19.2 Å². The van der Waals surface area contributed by atoms with E-state index in [-0.39, 0.29) is 38.4 Å². The molecule has 3 fully saturated rings. The average molecular weight is 1020 g/mol. The lowest BCUT2D eigenvalue weighted by Gasteiger charge is -2.40. The van der Waals surface area contributed by atoms with E-state index in [1.165, 1.54) is 39.0 Å². The first-order valence-electron chi connectivity index (χ1n) is 24.4. The minimum Gasteiger partial charge on any atom is -0.464 e. The number of urea groups is 1. The monoisotopic (exact) mass is 1020 g/mol. The van der Waals surface area contributed by atoms with Gasteiger partial charge in [0.1, 0.15) is 30.3 Å². The number of carbonyl (C=O) groups is 5. The number of pyridine rings is 1. The summed E-state index contributed by atoms with van der Waals surface area (Å²) < 4.78 is 63.2. The largest absolute Gasteiger partial charge is 0.464 e. The number of hydrogen-bond donors (Lipinski definition) is 2. The van der Waals surface area contributed by atoms with Crippen LogP contribution in [0.4, 0.5) is 18.0 Å². The summed E-state index contributed by atoms with van der Waals surface area (Å²) >= 11 is 1.26. The number of thiazole rings is 1. The Balaban J connectivity index is 1.15. The second-order valence-corrected chi connectivity index (χ2v) is 21.4. The first-order chi connectivity index (χ1) is 34.1. The van der Waals surface area contributed by atoms with Crippen molar-refractivity contribution in [1.29, 1.82) is 0 Å². The number of likely N-dealkylation sites (N-methyl/N-ethyl adjacent to an activating group) is 1. The number of ether oxygens (including phenoxy) is 3. The third-order valence-electron chi connectivity index (χ3n) is 14.1. The van der Waals surface area contributed by atoms with Crippen LogP contribution in [0.3, 0.4) is 0 Å². The Labute approximate surface area is 421 Å². The molecule has 4 aliphatic rings. The van der Waals surface area contributed by atoms with Crippen molar-refractivity contribution in [2.75, 3.05) is 60.1 Å². The number of methoxy groups -OCH3 is 1. The smallest absolute Gasteiger partial charge is 0.406 e. The Morgan fingerprint density at radius 1 is 1.11 bits per heavy atom. The number of rotatable bonds is 9. The van der Waals surface area contributed by atoms with Gasteiger partial charge in [-0.3, -0.25) is 29.2 Å². The van der Waals surface area contributed by atoms with Crippen molar-refractivity contribution in [3.63, 3.8) is 0 Å². The number of morpholine rings is 1. The molecule has 7 heterocycles. The molecule has 5 atom stereocenters. The number of amides is 5. The summed E-state index contributed by atoms with van der Waals surface area (Å²) in [5.74, 6) is -2.33. The second-order valence-electron chi connectivity index (χ2n) is 20.5. The zero-order chi connectivity index (χ0) is 51.9. The molecule has 1 spiro atoms. The highest BCUT2D eigenvalue weighted by molar-refractivity contribution is 7.10. The lowest BCUT2D eigenvalue weighted by Crippen LogP contribution is -2.62. The highest BCUT2D eigenvalue weighted by Crippen LogP contribution is 2.43. The topological polar surface area (TPSA) is 181 Å². The molecule has 0 saturated carbocycles. The fourth-order valence-corrected chi connectivity index (χ4v) is 11.4. The van der Waals surface area contributed by atoms with Crippen LogP contribution in [0.5, 0.6) is 0 Å². The maximum atomic E-state index is 14.7. The van der Waals surface area contributed by atoms with Gasteiger partial charge in [0, 0.05) is 79.2 Å². The van der Waals surface area contributed by atoms with Gasteiger partial charge in [-0.25, -0.2) is 15.2 Å². The fourth-order valence-electron chi connectivity index (χ4n) is 10.5. The van der Waals surface area contributed by atoms with Crippen LogP contribution < -0.4 is 10.7 Å². The summed E-state index contributed by atoms with van der Waals surface area (Å²) in [5, 5.41) is 7.13. The van der Waals surface area contributed by atoms with E-state index in [9.17, 15) is 37.1 Å². The van der Waals surface area contributed by atoms with E-state index in [1.54, 1.807) is 59.6 Å². The summed E-state index contributed by atoms with van der Waals surface area (Å²) in [6, 6.07) is 5.06. The van der Waals surface area contributed by atoms with Crippen molar-refractivity contribution in [3.05, 3.63) is 70.8 Å². The summed E-state index contributed by atoms with van der Waals surface area (Å²) in [6.07, 6.45) is -0.904. The molecule has 5 amide bonds. The molecule has 3 aromatic heterocycles. The number of carbonyl (C=O) groups excluding carboxylic acids is 5. The first-order valence-corrected chi connectivity index (χ1v) is 25.3. The van der Waals surface area contributed by atoms with E-state index in [0.29, 0.717) is 95.2 Å². The zero-order valence-electron chi connectivity index (χ0n) is 41.8. The van der Waals surface area contributed by atoms with Crippen molar-refractivity contribution in [1.82, 2.24) is 45.0 Å². The lowest BCUT2D eigenvalue weighted by molar-refractivity contribution is -0.155. The molecule has 0 radical (unpaired) electrons. The number of aromatic nitrogens is 3. The molecular formula is C51H64F3N9O8S. The standard InChI is InChI=1S/C51H64F3N9O8S/c1-9-41(64)60-20-21-71-50(26-60)16-19-61(27-50)48(68)59(7)43(30(2)3)45(65)57-37-23-40-56-38(25-72-40)32-14-15-39-34(22-32)35(24-49(5,6)29-70-47(67)36-13-11-18-63(58-36)46(37)66)44(62(39)28-51(52,53)54)33-12-10-17-55-42(33)31(4)69-8/h9-10,12,14-15,17,22,25,30-31,36-37,43,58H,1,11,13,16,18-21,23-24,26-29H2,2-8H3,(H,57,65)/t31-,36-,37-,43?,50-/m0/s1. The third-order valence-corrected chi connectivity index (χ3v) is 15.0. The molecule has 72 heavy (non-hydrogen) atoms. The number of nitrogens with zero attached hydrogens (tertiary/aromatic N) is 7. The van der Waals surface area contributed by atoms with Gasteiger partial charge in [0.25, 0.3) is 5.91 Å². The number of likely N-dealkylation sites (tertiary alicyclic amines) is 1. The number of benzene rings is 1. The molecule has 1 aromatic carbocycles. The number of esters is 1. The van der Waals surface area contributed by atoms with E-state index in [1.807, 2.05) is 33.8 Å². The molecule has 17 nitrogen and oxygen atoms in total. The second kappa shape index (κ2) is 20.9. The molecule has 2 N–H and O–H groups in total. The van der Waals surface area contributed by atoms with Gasteiger partial charge in [0.05, 0.1) is 54.5 Å². The summed E-state index contributed by atoms with van der Waals surface area (Å²) in [4.78, 5) is 84.1. The van der Waals surface area contributed by atoms with Crippen molar-refractivity contribution in [2.24, 2.45) is 11.3 Å². The van der Waals surface area contributed by atoms with Gasteiger partial charge in [-0.1, -0.05) is 40.3 Å². The van der Waals surface area contributed by atoms with Crippen molar-refractivity contribution >= 4 is 52.0 Å². The normalized spacial score (nSPS) is 22.7. The summed E-state index contributed by atoms with van der Waals surface area (Å²) in [6.45, 7) is 13.2. The molecule has 388 valence electrons. The highest BCUT2D eigenvalue weighted by Gasteiger charge is 2.47. The summed E-state index contributed by atoms with van der Waals surface area (Å²) in [7, 11) is 3.06. The van der Waals surface area contributed by atoms with Gasteiger partial charge in [0.2, 0.25) is 11.8 Å². The SMILES string of the molecule is C=CC(=O)N1CCO[C@@]2(CCN(C(=O)N(C)C(C(=O)N[C@H]3Cc4nc(cs4)-c4ccc5c(c4)c(c(-c4cccnc4[C@H](C)OC)n5CC(F)(F)F)CC(C)(C)COC(=O)[C@@H]4CCCN(N4)C3=O)C(C)C)C2)C1. The zero-order valence-corrected chi connectivity index (χ0v) is 42.7. The number of halogens is 3. The number of alkyl halides is 3. The average Bonchev–Trinajstić information content (AvgIpc) is 4.07. The Morgan fingerprint density at radius 2 is 1.88 bits per heavy atom. The number of nitrogens with one attached hydrogen (secondary N) is 2. The molecule has 4 aromatic rings. The minimum atomic E-state index is -4.60. The molecule has 6 bridgehead atoms. The molecule has 4 aliphatic heterocycles. The van der Waals surface area contributed by atoms with Crippen LogP contribution in [0, 0.1) is 11.3 Å². The maximum absolute atomic E-state index is 14.7. The molecule has 21 heteroatoms. The summed E-state index contributed by atoms with van der Waals surface area (Å²) in [5.41, 5.74) is 4.80. The van der Waals surface area contributed by atoms with Crippen LogP contribution >= 0.6 is 11.3 Å². The van der Waals surface area contributed by atoms with E-state index < -0.39 is 77.7 Å². The van der Waals surface area contributed by atoms with E-state index >= 15 is 0 Å². The lowest BCUT2D eigenvalue weighted by atomic mass is 9.84. The van der Waals surface area contributed by atoms with Crippen LogP contribution in [-0.2, 0) is 52.8 Å². The minimum absolute atomic E-state index is 0.0633. The van der Waals surface area contributed by atoms with Crippen LogP contribution in [-0.4, -0.2) is 154 Å². The Hall–Kier alpha value is -5.90. The van der Waals surface area contributed by atoms with Gasteiger partial charge >= 0.3 is 18.2 Å². The Bertz CT molecular complexity index is 2720.